The van der Waals surface area contributed by atoms with Gasteiger partial charge in [-0.3, -0.25) is 14.4 Å². The second-order valence-corrected chi connectivity index (χ2v) is 10.0. The second kappa shape index (κ2) is 9.39. The van der Waals surface area contributed by atoms with E-state index in [-0.39, 0.29) is 5.69 Å². The van der Waals surface area contributed by atoms with Crippen molar-refractivity contribution in [3.63, 3.8) is 0 Å². The predicted molar refractivity (Wildman–Crippen MR) is 113 cm³/mol. The molecule has 2 aromatic carbocycles. The van der Waals surface area contributed by atoms with E-state index in [1.807, 2.05) is 5.32 Å². The average molecular weight is 558 g/mol. The number of nitrogens with one attached hydrogen (secondary N) is 1. The van der Waals surface area contributed by atoms with Crippen LogP contribution in [0.2, 0.25) is 0 Å². The van der Waals surface area contributed by atoms with Gasteiger partial charge in [0.15, 0.2) is 6.10 Å². The molecule has 37 heavy (non-hydrogen) atoms. The van der Waals surface area contributed by atoms with E-state index in [1.165, 1.54) is 0 Å². The molecule has 0 radical (unpaired) electrons. The van der Waals surface area contributed by atoms with Crippen molar-refractivity contribution in [2.45, 2.75) is 42.8 Å². The van der Waals surface area contributed by atoms with E-state index in [4.69, 9.17) is 4.74 Å². The number of hydrogen-bond acceptors (Lipinski definition) is 6. The molecular formula is C21H17F7N2O6S. The summed E-state index contributed by atoms with van der Waals surface area (Å²) in [4.78, 5) is 23.3. The largest absolute Gasteiger partial charge is 0.478 e. The van der Waals surface area contributed by atoms with Gasteiger partial charge in [-0.1, -0.05) is 0 Å². The lowest BCUT2D eigenvalue weighted by Crippen LogP contribution is -2.50. The first kappa shape index (κ1) is 28.0. The highest BCUT2D eigenvalue weighted by atomic mass is 32.2. The smallest absolute Gasteiger partial charge is 0.454 e. The third-order valence-electron chi connectivity index (χ3n) is 5.08. The first-order valence-corrected chi connectivity index (χ1v) is 11.5. The standard InChI is InChI=1S/C21H17F7N2O6S/c1-19(2,21(26,27)28)36-18(32)29-12-5-8-15-14(9-12)30(10-16(35-15)17(31)20(23,24)25)37(33,34)13-6-3-11(22)4-7-13/h3-9,16H,10H2,1-2H3,(H,29,32). The van der Waals surface area contributed by atoms with Crippen LogP contribution < -0.4 is 14.4 Å². The Hall–Kier alpha value is -3.56. The summed E-state index contributed by atoms with van der Waals surface area (Å²) in [6.45, 7) is 0.0181. The number of sulfonamides is 1. The van der Waals surface area contributed by atoms with E-state index < -0.39 is 74.7 Å². The van der Waals surface area contributed by atoms with Gasteiger partial charge in [0.25, 0.3) is 15.8 Å². The minimum absolute atomic E-state index is 0.315. The molecule has 0 fully saturated rings. The molecule has 0 bridgehead atoms. The maximum Gasteiger partial charge on any atom is 0.454 e. The van der Waals surface area contributed by atoms with Gasteiger partial charge >= 0.3 is 18.4 Å². The van der Waals surface area contributed by atoms with Crippen LogP contribution in [0.1, 0.15) is 13.8 Å². The summed E-state index contributed by atoms with van der Waals surface area (Å²) in [7, 11) is -4.72. The fourth-order valence-electron chi connectivity index (χ4n) is 3.04. The normalized spacial score (nSPS) is 16.5. The Kier molecular flexibility index (Phi) is 7.11. The maximum absolute atomic E-state index is 13.3. The molecule has 1 unspecified atom stereocenters. The lowest BCUT2D eigenvalue weighted by Gasteiger charge is -2.35. The van der Waals surface area contributed by atoms with Crippen LogP contribution in [0.5, 0.6) is 5.75 Å². The molecule has 1 amide bonds. The van der Waals surface area contributed by atoms with E-state index in [1.54, 1.807) is 0 Å². The fraction of sp³-hybridized carbons (Fsp3) is 0.333. The number of Topliss-reactive ketones (excluding diaryl/α,β-unsaturated/α-hetero) is 1. The Labute approximate surface area is 205 Å². The van der Waals surface area contributed by atoms with Crippen LogP contribution in [0.15, 0.2) is 47.4 Å². The zero-order valence-electron chi connectivity index (χ0n) is 18.8. The van der Waals surface area contributed by atoms with Crippen LogP contribution in [0.4, 0.5) is 46.9 Å². The van der Waals surface area contributed by atoms with Crippen molar-refractivity contribution < 1.29 is 58.2 Å². The van der Waals surface area contributed by atoms with Gasteiger partial charge in [0.2, 0.25) is 5.60 Å². The third-order valence-corrected chi connectivity index (χ3v) is 6.87. The number of nitrogens with zero attached hydrogens (tertiary/aromatic N) is 1. The summed E-state index contributed by atoms with van der Waals surface area (Å²) >= 11 is 0. The van der Waals surface area contributed by atoms with Gasteiger partial charge in [0.1, 0.15) is 11.6 Å². The van der Waals surface area contributed by atoms with Crippen LogP contribution in [0.25, 0.3) is 0 Å². The topological polar surface area (TPSA) is 102 Å². The molecule has 0 saturated heterocycles. The van der Waals surface area contributed by atoms with Crippen LogP contribution in [-0.2, 0) is 19.6 Å². The first-order chi connectivity index (χ1) is 16.8. The van der Waals surface area contributed by atoms with Gasteiger partial charge < -0.3 is 9.47 Å². The van der Waals surface area contributed by atoms with Crippen molar-refractivity contribution in [2.75, 3.05) is 16.2 Å². The predicted octanol–water partition coefficient (Wildman–Crippen LogP) is 4.80. The number of hydrogen-bond donors (Lipinski definition) is 1. The lowest BCUT2D eigenvalue weighted by molar-refractivity contribution is -0.242. The molecule has 3 rings (SSSR count). The Balaban J connectivity index is 2.01. The molecule has 0 saturated carbocycles. The minimum Gasteiger partial charge on any atom is -0.478 e. The SMILES string of the molecule is CC(C)(OC(=O)Nc1ccc2c(c1)N(S(=O)(=O)c1ccc(F)cc1)CC(C(=O)C(F)(F)F)O2)C(F)(F)F. The van der Waals surface area contributed by atoms with Gasteiger partial charge in [-0.05, 0) is 56.3 Å². The highest BCUT2D eigenvalue weighted by Gasteiger charge is 2.51. The van der Waals surface area contributed by atoms with Crippen molar-refractivity contribution in [3.8, 4) is 5.75 Å². The second-order valence-electron chi connectivity index (χ2n) is 8.16. The van der Waals surface area contributed by atoms with Gasteiger partial charge in [-0.15, -0.1) is 0 Å². The molecule has 0 aliphatic carbocycles. The number of anilines is 2. The van der Waals surface area contributed by atoms with Crippen molar-refractivity contribution in [1.29, 1.82) is 0 Å². The summed E-state index contributed by atoms with van der Waals surface area (Å²) < 4.78 is 128. The zero-order valence-corrected chi connectivity index (χ0v) is 19.6. The number of rotatable bonds is 5. The molecular weight excluding hydrogens is 541 g/mol. The monoisotopic (exact) mass is 558 g/mol. The first-order valence-electron chi connectivity index (χ1n) is 10.1. The number of ether oxygens (including phenoxy) is 2. The molecule has 1 N–H and O–H groups in total. The van der Waals surface area contributed by atoms with Crippen molar-refractivity contribution >= 4 is 33.3 Å². The molecule has 202 valence electrons. The van der Waals surface area contributed by atoms with E-state index in [0.717, 1.165) is 42.5 Å². The molecule has 1 aliphatic rings. The highest BCUT2D eigenvalue weighted by molar-refractivity contribution is 7.92. The number of benzene rings is 2. The molecule has 0 aromatic heterocycles. The van der Waals surface area contributed by atoms with Gasteiger partial charge in [-0.25, -0.2) is 17.6 Å². The number of ketones is 1. The van der Waals surface area contributed by atoms with Crippen molar-refractivity contribution in [1.82, 2.24) is 0 Å². The molecule has 2 aromatic rings. The summed E-state index contributed by atoms with van der Waals surface area (Å²) in [6, 6.07) is 5.99. The van der Waals surface area contributed by atoms with Crippen LogP contribution in [-0.4, -0.2) is 50.9 Å². The van der Waals surface area contributed by atoms with Gasteiger partial charge in [-0.2, -0.15) is 26.3 Å². The minimum atomic E-state index is -5.37. The number of carbonyl (C=O) groups excluding carboxylic acids is 2. The van der Waals surface area contributed by atoms with Crippen molar-refractivity contribution in [2.24, 2.45) is 0 Å². The van der Waals surface area contributed by atoms with E-state index in [9.17, 15) is 48.7 Å². The molecule has 0 spiro atoms. The molecule has 8 nitrogen and oxygen atoms in total. The number of amides is 1. The number of alkyl halides is 6. The van der Waals surface area contributed by atoms with E-state index in [2.05, 4.69) is 4.74 Å². The number of halogens is 7. The van der Waals surface area contributed by atoms with Crippen LogP contribution in [0, 0.1) is 5.82 Å². The molecule has 16 heteroatoms. The Bertz CT molecular complexity index is 1310. The lowest BCUT2D eigenvalue weighted by atomic mass is 10.1. The Morgan fingerprint density at radius 2 is 1.62 bits per heavy atom. The summed E-state index contributed by atoms with van der Waals surface area (Å²) in [5, 5.41) is 1.96. The number of fused-ring (bicyclic) bond motifs is 1. The third kappa shape index (κ3) is 5.89. The van der Waals surface area contributed by atoms with Gasteiger partial charge in [0, 0.05) is 5.69 Å². The van der Waals surface area contributed by atoms with E-state index >= 15 is 0 Å². The quantitative estimate of drug-likeness (QED) is 0.529. The van der Waals surface area contributed by atoms with Crippen LogP contribution >= 0.6 is 0 Å². The number of carbonyl (C=O) groups is 2. The maximum atomic E-state index is 13.3. The van der Waals surface area contributed by atoms with Crippen LogP contribution in [0.3, 0.4) is 0 Å². The van der Waals surface area contributed by atoms with Gasteiger partial charge in [0.05, 0.1) is 17.1 Å². The molecule has 1 atom stereocenters. The average Bonchev–Trinajstić information content (AvgIpc) is 2.76. The molecule has 1 aliphatic heterocycles. The Morgan fingerprint density at radius 1 is 1.03 bits per heavy atom. The van der Waals surface area contributed by atoms with E-state index in [0.29, 0.717) is 18.2 Å². The summed E-state index contributed by atoms with van der Waals surface area (Å²) in [6.07, 6.45) is -14.2. The summed E-state index contributed by atoms with van der Waals surface area (Å²) in [5.74, 6) is -3.70. The van der Waals surface area contributed by atoms with Crippen molar-refractivity contribution in [3.05, 3.63) is 48.3 Å². The molecule has 1 heterocycles. The highest BCUT2D eigenvalue weighted by Crippen LogP contribution is 2.40. The summed E-state index contributed by atoms with van der Waals surface area (Å²) in [5.41, 5.74) is -3.66. The Morgan fingerprint density at radius 3 is 2.16 bits per heavy atom. The zero-order chi connectivity index (χ0) is 28.0. The fourth-order valence-corrected chi connectivity index (χ4v) is 4.51.